The Balaban J connectivity index is 1.76. The van der Waals surface area contributed by atoms with Crippen LogP contribution in [-0.2, 0) is 4.79 Å². The summed E-state index contributed by atoms with van der Waals surface area (Å²) in [5.41, 5.74) is -1.76. The van der Waals surface area contributed by atoms with Crippen molar-refractivity contribution in [3.8, 4) is 0 Å². The number of ketones is 1. The lowest BCUT2D eigenvalue weighted by atomic mass is 9.46. The van der Waals surface area contributed by atoms with Gasteiger partial charge in [-0.05, 0) is 80.9 Å². The maximum Gasteiger partial charge on any atom is 0.178 e. The molecule has 0 aromatic heterocycles. The van der Waals surface area contributed by atoms with Gasteiger partial charge in [0, 0.05) is 11.3 Å². The van der Waals surface area contributed by atoms with E-state index in [2.05, 4.69) is 20.1 Å². The van der Waals surface area contributed by atoms with E-state index in [1.807, 2.05) is 30.4 Å². The van der Waals surface area contributed by atoms with Crippen LogP contribution in [0.4, 0.5) is 4.39 Å². The number of carbonyl (C=O) groups is 1. The number of allylic oxidation sites excluding steroid dienone is 4. The van der Waals surface area contributed by atoms with E-state index in [0.29, 0.717) is 6.42 Å². The molecule has 0 amide bonds. The highest BCUT2D eigenvalue weighted by atomic mass is 32.2. The Morgan fingerprint density at radius 3 is 2.71 bits per heavy atom. The molecule has 4 aliphatic carbocycles. The minimum atomic E-state index is -1.69. The molecule has 0 saturated heterocycles. The lowest BCUT2D eigenvalue weighted by molar-refractivity contribution is -0.189. The summed E-state index contributed by atoms with van der Waals surface area (Å²) < 4.78 is 17.1. The van der Waals surface area contributed by atoms with Gasteiger partial charge in [0.2, 0.25) is 0 Å². The molecule has 0 heterocycles. The molecule has 28 heavy (non-hydrogen) atoms. The van der Waals surface area contributed by atoms with Gasteiger partial charge < -0.3 is 5.11 Å². The summed E-state index contributed by atoms with van der Waals surface area (Å²) in [5, 5.41) is 11.4. The molecule has 4 aliphatic rings. The molecule has 1 N–H and O–H groups in total. The third kappa shape index (κ3) is 2.48. The summed E-state index contributed by atoms with van der Waals surface area (Å²) >= 11 is 3.96. The molecule has 0 radical (unpaired) electrons. The minimum absolute atomic E-state index is 0.0529. The number of carbonyl (C=O) groups excluding carboxylic acids is 1. The maximum absolute atomic E-state index is 17.0. The molecule has 3 fully saturated rings. The van der Waals surface area contributed by atoms with Gasteiger partial charge in [0.15, 0.2) is 11.5 Å². The molecule has 0 aromatic rings. The van der Waals surface area contributed by atoms with Crippen LogP contribution in [0, 0.1) is 22.7 Å². The smallest absolute Gasteiger partial charge is 0.178 e. The first-order valence-electron chi connectivity index (χ1n) is 10.7. The Bertz CT molecular complexity index is 736. The lowest BCUT2D eigenvalue weighted by Crippen LogP contribution is -2.67. The number of alkyl halides is 1. The van der Waals surface area contributed by atoms with Crippen LogP contribution in [0.15, 0.2) is 23.8 Å². The summed E-state index contributed by atoms with van der Waals surface area (Å²) in [4.78, 5) is 11.9. The van der Waals surface area contributed by atoms with E-state index >= 15 is 4.39 Å². The Morgan fingerprint density at radius 1 is 1.29 bits per heavy atom. The van der Waals surface area contributed by atoms with Crippen LogP contribution < -0.4 is 0 Å². The van der Waals surface area contributed by atoms with E-state index in [4.69, 9.17) is 0 Å². The van der Waals surface area contributed by atoms with Gasteiger partial charge in [-0.3, -0.25) is 4.79 Å². The SMILES string of the molecule is CCCS[C@@]1(SC)CC[C@H]2[C@@H]3CCC4=CC(=O)C=C[C@]4(C)C3(F)[C@@H](O)C[C@@]21C. The van der Waals surface area contributed by atoms with Gasteiger partial charge in [-0.15, -0.1) is 23.5 Å². The lowest BCUT2D eigenvalue weighted by Gasteiger charge is -2.63. The average molecular weight is 425 g/mol. The van der Waals surface area contributed by atoms with Crippen LogP contribution in [0.1, 0.15) is 59.3 Å². The number of hydrogen-bond acceptors (Lipinski definition) is 4. The molecule has 3 saturated carbocycles. The molecule has 7 atom stereocenters. The van der Waals surface area contributed by atoms with Gasteiger partial charge in [-0.1, -0.05) is 25.5 Å². The van der Waals surface area contributed by atoms with E-state index in [1.54, 1.807) is 12.2 Å². The van der Waals surface area contributed by atoms with E-state index in [-0.39, 0.29) is 27.1 Å². The number of aliphatic hydroxyl groups excluding tert-OH is 1. The van der Waals surface area contributed by atoms with Crippen molar-refractivity contribution >= 4 is 29.3 Å². The topological polar surface area (TPSA) is 37.3 Å². The highest BCUT2D eigenvalue weighted by Crippen LogP contribution is 2.73. The first-order valence-corrected chi connectivity index (χ1v) is 12.9. The predicted molar refractivity (Wildman–Crippen MR) is 117 cm³/mol. The molecule has 2 nitrogen and oxygen atoms in total. The largest absolute Gasteiger partial charge is 0.390 e. The van der Waals surface area contributed by atoms with Crippen LogP contribution >= 0.6 is 23.5 Å². The fourth-order valence-corrected chi connectivity index (χ4v) is 10.2. The Morgan fingerprint density at radius 2 is 2.04 bits per heavy atom. The Kier molecular flexibility index (Phi) is 5.16. The van der Waals surface area contributed by atoms with Gasteiger partial charge in [0.1, 0.15) is 0 Å². The van der Waals surface area contributed by atoms with Gasteiger partial charge >= 0.3 is 0 Å². The van der Waals surface area contributed by atoms with Gasteiger partial charge in [-0.2, -0.15) is 0 Å². The van der Waals surface area contributed by atoms with Crippen LogP contribution in [0.3, 0.4) is 0 Å². The van der Waals surface area contributed by atoms with Crippen LogP contribution in [0.5, 0.6) is 0 Å². The normalized spacial score (nSPS) is 50.0. The quantitative estimate of drug-likeness (QED) is 0.600. The molecule has 0 aliphatic heterocycles. The second kappa shape index (κ2) is 6.88. The monoisotopic (exact) mass is 424 g/mol. The zero-order valence-electron chi connectivity index (χ0n) is 17.5. The van der Waals surface area contributed by atoms with Crippen molar-refractivity contribution in [2.24, 2.45) is 22.7 Å². The van der Waals surface area contributed by atoms with Gasteiger partial charge in [0.25, 0.3) is 0 Å². The second-order valence-corrected chi connectivity index (χ2v) is 12.4. The Labute approximate surface area is 177 Å². The summed E-state index contributed by atoms with van der Waals surface area (Å²) in [7, 11) is 0. The van der Waals surface area contributed by atoms with Crippen molar-refractivity contribution in [2.45, 2.75) is 75.1 Å². The first-order chi connectivity index (χ1) is 13.2. The van der Waals surface area contributed by atoms with Crippen LogP contribution in [0.2, 0.25) is 0 Å². The zero-order valence-corrected chi connectivity index (χ0v) is 19.1. The fraction of sp³-hybridized carbons (Fsp3) is 0.783. The number of halogens is 1. The van der Waals surface area contributed by atoms with E-state index < -0.39 is 17.2 Å². The standard InChI is InChI=1S/C23H33FO2S2/c1-5-12-28-22(27-4)11-9-17-18-7-6-15-13-16(25)8-10-20(15,2)23(18,24)19(26)14-21(17,22)3/h8,10,13,17-19,26H,5-7,9,11-12,14H2,1-4H3/t17-,18-,19-,20-,21-,22-,23?/m0/s1. The zero-order chi connectivity index (χ0) is 20.4. The van der Waals surface area contributed by atoms with Crippen molar-refractivity contribution in [3.05, 3.63) is 23.8 Å². The molecule has 0 bridgehead atoms. The van der Waals surface area contributed by atoms with Crippen molar-refractivity contribution < 1.29 is 14.3 Å². The molecule has 1 unspecified atom stereocenters. The van der Waals surface area contributed by atoms with Crippen molar-refractivity contribution in [1.82, 2.24) is 0 Å². The molecule has 0 aromatic carbocycles. The molecule has 4 rings (SSSR count). The van der Waals surface area contributed by atoms with Gasteiger partial charge in [0.05, 0.1) is 10.2 Å². The third-order valence-electron chi connectivity index (χ3n) is 8.55. The second-order valence-electron chi connectivity index (χ2n) is 9.61. The Hall–Kier alpha value is -0.260. The van der Waals surface area contributed by atoms with Gasteiger partial charge in [-0.25, -0.2) is 4.39 Å². The number of hydrogen-bond donors (Lipinski definition) is 1. The van der Waals surface area contributed by atoms with Crippen LogP contribution in [0.25, 0.3) is 0 Å². The highest BCUT2D eigenvalue weighted by molar-refractivity contribution is 8.18. The molecular formula is C23H33FO2S2. The molecule has 0 spiro atoms. The predicted octanol–water partition coefficient (Wildman–Crippen LogP) is 5.56. The minimum Gasteiger partial charge on any atom is -0.390 e. The average Bonchev–Trinajstić information content (AvgIpc) is 2.94. The molecule has 156 valence electrons. The number of rotatable bonds is 4. The molecular weight excluding hydrogens is 391 g/mol. The first kappa shape index (κ1) is 21.0. The number of aliphatic hydroxyl groups is 1. The molecule has 5 heteroatoms. The van der Waals surface area contributed by atoms with Crippen molar-refractivity contribution in [1.29, 1.82) is 0 Å². The number of thioether (sulfide) groups is 2. The van der Waals surface area contributed by atoms with E-state index in [0.717, 1.165) is 43.4 Å². The summed E-state index contributed by atoms with van der Waals surface area (Å²) in [6, 6.07) is 0. The van der Waals surface area contributed by atoms with Crippen molar-refractivity contribution in [3.63, 3.8) is 0 Å². The fourth-order valence-electron chi connectivity index (χ4n) is 7.06. The van der Waals surface area contributed by atoms with Crippen molar-refractivity contribution in [2.75, 3.05) is 12.0 Å². The number of fused-ring (bicyclic) bond motifs is 5. The summed E-state index contributed by atoms with van der Waals surface area (Å²) in [6.07, 6.45) is 11.3. The maximum atomic E-state index is 17.0. The third-order valence-corrected chi connectivity index (χ3v) is 12.5. The van der Waals surface area contributed by atoms with E-state index in [1.165, 1.54) is 6.08 Å². The van der Waals surface area contributed by atoms with Crippen LogP contribution in [-0.4, -0.2) is 38.8 Å². The summed E-state index contributed by atoms with van der Waals surface area (Å²) in [5.74, 6) is 1.18. The van der Waals surface area contributed by atoms with E-state index in [9.17, 15) is 9.90 Å². The highest BCUT2D eigenvalue weighted by Gasteiger charge is 2.72. The summed E-state index contributed by atoms with van der Waals surface area (Å²) in [6.45, 7) is 6.44.